The molecule has 0 radical (unpaired) electrons. The molecule has 2 atom stereocenters. The number of carbonyl (C=O) groups excluding carboxylic acids is 1. The molecule has 9 heteroatoms. The first-order valence-electron chi connectivity index (χ1n) is 10.1. The van der Waals surface area contributed by atoms with Crippen LogP contribution >= 0.6 is 25.0 Å². The zero-order valence-corrected chi connectivity index (χ0v) is 18.6. The lowest BCUT2D eigenvalue weighted by Crippen LogP contribution is -2.42. The second kappa shape index (κ2) is 9.97. The van der Waals surface area contributed by atoms with Crippen LogP contribution in [0.3, 0.4) is 0 Å². The fraction of sp³-hybridized carbons (Fsp3) is 0.409. The van der Waals surface area contributed by atoms with E-state index in [1.165, 1.54) is 18.5 Å². The van der Waals surface area contributed by atoms with Gasteiger partial charge in [-0.25, -0.2) is 9.18 Å². The largest absolute Gasteiger partial charge is 0.478 e. The third-order valence-corrected chi connectivity index (χ3v) is 6.33. The minimum Gasteiger partial charge on any atom is -0.478 e. The first kappa shape index (κ1) is 23.5. The SMILES string of the molecule is Cl.O=C(O)c1cnn(CC=C2CN(C(C(=O)C3CC3)c3ccccc3F)CCC2S)c1. The van der Waals surface area contributed by atoms with E-state index >= 15 is 0 Å². The van der Waals surface area contributed by atoms with E-state index < -0.39 is 12.0 Å². The molecule has 2 aliphatic rings. The molecule has 2 fully saturated rings. The number of hydrogen-bond donors (Lipinski definition) is 2. The van der Waals surface area contributed by atoms with Crippen LogP contribution in [0, 0.1) is 11.7 Å². The Morgan fingerprint density at radius 3 is 2.68 bits per heavy atom. The highest BCUT2D eigenvalue weighted by molar-refractivity contribution is 7.81. The molecule has 1 aromatic carbocycles. The van der Waals surface area contributed by atoms with Crippen LogP contribution in [0.1, 0.15) is 41.2 Å². The number of likely N-dealkylation sites (tertiary alicyclic amines) is 1. The average molecular weight is 466 g/mol. The molecule has 1 aliphatic carbocycles. The number of aromatic carboxylic acids is 1. The van der Waals surface area contributed by atoms with Gasteiger partial charge in [0.25, 0.3) is 0 Å². The summed E-state index contributed by atoms with van der Waals surface area (Å²) < 4.78 is 16.1. The van der Waals surface area contributed by atoms with E-state index in [4.69, 9.17) is 5.11 Å². The summed E-state index contributed by atoms with van der Waals surface area (Å²) in [6, 6.07) is 5.92. The van der Waals surface area contributed by atoms with Crippen LogP contribution < -0.4 is 0 Å². The zero-order valence-electron chi connectivity index (χ0n) is 16.9. The number of rotatable bonds is 7. The summed E-state index contributed by atoms with van der Waals surface area (Å²) in [4.78, 5) is 26.1. The van der Waals surface area contributed by atoms with Gasteiger partial charge in [0, 0.05) is 36.0 Å². The smallest absolute Gasteiger partial charge is 0.338 e. The maximum Gasteiger partial charge on any atom is 0.338 e. The van der Waals surface area contributed by atoms with Crippen molar-refractivity contribution in [3.63, 3.8) is 0 Å². The monoisotopic (exact) mass is 465 g/mol. The summed E-state index contributed by atoms with van der Waals surface area (Å²) in [5.41, 5.74) is 1.60. The maximum atomic E-state index is 14.6. The summed E-state index contributed by atoms with van der Waals surface area (Å²) in [6.45, 7) is 1.58. The average Bonchev–Trinajstić information content (AvgIpc) is 3.47. The molecule has 1 saturated carbocycles. The van der Waals surface area contributed by atoms with Gasteiger partial charge in [-0.1, -0.05) is 24.3 Å². The van der Waals surface area contributed by atoms with Crippen molar-refractivity contribution in [1.29, 1.82) is 0 Å². The van der Waals surface area contributed by atoms with E-state index in [1.54, 1.807) is 22.9 Å². The van der Waals surface area contributed by atoms with Gasteiger partial charge in [-0.05, 0) is 30.9 Å². The number of Topliss-reactive ketones (excluding diaryl/α,β-unsaturated/α-hetero) is 1. The van der Waals surface area contributed by atoms with Crippen molar-refractivity contribution < 1.29 is 19.1 Å². The van der Waals surface area contributed by atoms with E-state index in [-0.39, 0.29) is 40.7 Å². The van der Waals surface area contributed by atoms with E-state index in [1.807, 2.05) is 11.0 Å². The third kappa shape index (κ3) is 5.37. The Hall–Kier alpha value is -2.16. The molecule has 2 unspecified atom stereocenters. The number of piperidine rings is 1. The molecule has 2 heterocycles. The second-order valence-electron chi connectivity index (χ2n) is 7.91. The number of aromatic nitrogens is 2. The van der Waals surface area contributed by atoms with Crippen LogP contribution in [0.5, 0.6) is 0 Å². The van der Waals surface area contributed by atoms with Crippen molar-refractivity contribution in [2.75, 3.05) is 13.1 Å². The van der Waals surface area contributed by atoms with Gasteiger partial charge in [-0.2, -0.15) is 17.7 Å². The van der Waals surface area contributed by atoms with Crippen LogP contribution in [-0.4, -0.2) is 49.9 Å². The molecule has 1 N–H and O–H groups in total. The van der Waals surface area contributed by atoms with Gasteiger partial charge in [0.2, 0.25) is 0 Å². The fourth-order valence-corrected chi connectivity index (χ4v) is 4.22. The number of thiol groups is 1. The van der Waals surface area contributed by atoms with Crippen molar-refractivity contribution in [2.45, 2.75) is 37.1 Å². The molecule has 0 bridgehead atoms. The summed E-state index contributed by atoms with van der Waals surface area (Å²) in [5.74, 6) is -1.26. The number of ketones is 1. The molecule has 4 rings (SSSR count). The minimum absolute atomic E-state index is 0. The van der Waals surface area contributed by atoms with Gasteiger partial charge >= 0.3 is 5.97 Å². The van der Waals surface area contributed by atoms with E-state index in [2.05, 4.69) is 17.7 Å². The molecule has 166 valence electrons. The van der Waals surface area contributed by atoms with Gasteiger partial charge < -0.3 is 5.11 Å². The van der Waals surface area contributed by atoms with Gasteiger partial charge in [-0.15, -0.1) is 12.4 Å². The standard InChI is InChI=1S/C22H24FN3O3S.ClH/c23-18-4-2-1-3-17(18)20(21(27)14-5-6-14)25-9-8-19(30)15(12-25)7-10-26-13-16(11-24-26)22(28)29;/h1-4,7,11,13-14,19-20,30H,5-6,8-10,12H2,(H,28,29);1H. The van der Waals surface area contributed by atoms with E-state index in [0.717, 1.165) is 24.8 Å². The van der Waals surface area contributed by atoms with E-state index in [0.29, 0.717) is 25.2 Å². The molecular weight excluding hydrogens is 441 g/mol. The van der Waals surface area contributed by atoms with Gasteiger partial charge in [-0.3, -0.25) is 14.4 Å². The molecule has 1 saturated heterocycles. The molecule has 2 aromatic rings. The van der Waals surface area contributed by atoms with Gasteiger partial charge in [0.15, 0.2) is 5.78 Å². The Balaban J connectivity index is 0.00000272. The quantitative estimate of drug-likeness (QED) is 0.480. The van der Waals surface area contributed by atoms with Crippen LogP contribution in [0.4, 0.5) is 4.39 Å². The van der Waals surface area contributed by atoms with Crippen molar-refractivity contribution in [3.8, 4) is 0 Å². The number of allylic oxidation sites excluding steroid dienone is 1. The zero-order chi connectivity index (χ0) is 21.3. The number of hydrogen-bond acceptors (Lipinski definition) is 5. The Bertz CT molecular complexity index is 992. The van der Waals surface area contributed by atoms with Crippen LogP contribution in [0.25, 0.3) is 0 Å². The Kier molecular flexibility index (Phi) is 7.56. The molecule has 31 heavy (non-hydrogen) atoms. The van der Waals surface area contributed by atoms with Crippen molar-refractivity contribution in [2.24, 2.45) is 5.92 Å². The number of halogens is 2. The van der Waals surface area contributed by atoms with Crippen LogP contribution in [0.2, 0.25) is 0 Å². The first-order valence-corrected chi connectivity index (χ1v) is 10.6. The van der Waals surface area contributed by atoms with Crippen LogP contribution in [-0.2, 0) is 11.3 Å². The Morgan fingerprint density at radius 1 is 1.29 bits per heavy atom. The minimum atomic E-state index is -1.02. The molecule has 1 aromatic heterocycles. The molecule has 6 nitrogen and oxygen atoms in total. The molecule has 0 spiro atoms. The van der Waals surface area contributed by atoms with Crippen molar-refractivity contribution in [3.05, 3.63) is 65.3 Å². The lowest BCUT2D eigenvalue weighted by Gasteiger charge is -2.37. The van der Waals surface area contributed by atoms with E-state index in [9.17, 15) is 14.0 Å². The topological polar surface area (TPSA) is 75.4 Å². The number of nitrogens with zero attached hydrogens (tertiary/aromatic N) is 3. The maximum absolute atomic E-state index is 14.6. The normalized spacial score (nSPS) is 21.5. The fourth-order valence-electron chi connectivity index (χ4n) is 3.92. The third-order valence-electron chi connectivity index (χ3n) is 5.74. The molecule has 1 aliphatic heterocycles. The number of carboxylic acid groups (broad SMARTS) is 1. The predicted octanol–water partition coefficient (Wildman–Crippen LogP) is 3.79. The lowest BCUT2D eigenvalue weighted by atomic mass is 9.93. The van der Waals surface area contributed by atoms with Gasteiger partial charge in [0.1, 0.15) is 5.82 Å². The highest BCUT2D eigenvalue weighted by Gasteiger charge is 2.40. The second-order valence-corrected chi connectivity index (χ2v) is 8.53. The Morgan fingerprint density at radius 2 is 2.03 bits per heavy atom. The van der Waals surface area contributed by atoms with Gasteiger partial charge in [0.05, 0.1) is 24.3 Å². The molecular formula is C22H25ClFN3O3S. The summed E-state index contributed by atoms with van der Waals surface area (Å²) in [6.07, 6.45) is 7.27. The Labute approximate surface area is 191 Å². The summed E-state index contributed by atoms with van der Waals surface area (Å²) in [7, 11) is 0. The van der Waals surface area contributed by atoms with Crippen LogP contribution in [0.15, 0.2) is 48.3 Å². The highest BCUT2D eigenvalue weighted by Crippen LogP contribution is 2.39. The number of benzene rings is 1. The number of carbonyl (C=O) groups is 2. The number of carboxylic acids is 1. The highest BCUT2D eigenvalue weighted by atomic mass is 35.5. The van der Waals surface area contributed by atoms with Crippen molar-refractivity contribution >= 4 is 36.8 Å². The lowest BCUT2D eigenvalue weighted by molar-refractivity contribution is -0.126. The van der Waals surface area contributed by atoms with Crippen molar-refractivity contribution in [1.82, 2.24) is 14.7 Å². The first-order chi connectivity index (χ1) is 14.4. The summed E-state index contributed by atoms with van der Waals surface area (Å²) in [5, 5.41) is 13.1. The molecule has 0 amide bonds. The predicted molar refractivity (Wildman–Crippen MR) is 120 cm³/mol. The summed E-state index contributed by atoms with van der Waals surface area (Å²) >= 11 is 4.68.